The van der Waals surface area contributed by atoms with Gasteiger partial charge in [-0.1, -0.05) is 12.1 Å². The van der Waals surface area contributed by atoms with Crippen molar-refractivity contribution in [3.05, 3.63) is 52.7 Å². The minimum atomic E-state index is 0.0806. The van der Waals surface area contributed by atoms with Gasteiger partial charge in [-0.3, -0.25) is 4.79 Å². The van der Waals surface area contributed by atoms with Gasteiger partial charge >= 0.3 is 0 Å². The van der Waals surface area contributed by atoms with Crippen LogP contribution in [-0.4, -0.2) is 40.4 Å². The molecule has 3 aromatic rings. The number of nitrogens with two attached hydrogens (primary N) is 1. The Morgan fingerprint density at radius 1 is 1.29 bits per heavy atom. The molecule has 28 heavy (non-hydrogen) atoms. The number of piperidine rings is 1. The Labute approximate surface area is 168 Å². The molecule has 0 spiro atoms. The third-order valence-corrected chi connectivity index (χ3v) is 5.92. The van der Waals surface area contributed by atoms with E-state index in [2.05, 4.69) is 9.97 Å². The van der Waals surface area contributed by atoms with E-state index in [1.54, 1.807) is 11.3 Å². The largest absolute Gasteiger partial charge is 0.472 e. The summed E-state index contributed by atoms with van der Waals surface area (Å²) in [7, 11) is 0. The van der Waals surface area contributed by atoms with Gasteiger partial charge in [0.05, 0.1) is 5.39 Å². The second-order valence-electron chi connectivity index (χ2n) is 7.20. The molecule has 1 aliphatic heterocycles. The minimum Gasteiger partial charge on any atom is -0.472 e. The summed E-state index contributed by atoms with van der Waals surface area (Å²) < 4.78 is 5.94. The maximum Gasteiger partial charge on any atom is 0.253 e. The maximum atomic E-state index is 12.7. The van der Waals surface area contributed by atoms with Crippen molar-refractivity contribution in [2.75, 3.05) is 19.6 Å². The second-order valence-corrected chi connectivity index (χ2v) is 8.09. The number of likely N-dealkylation sites (tertiary alicyclic amines) is 1. The Hall–Kier alpha value is -2.51. The van der Waals surface area contributed by atoms with Crippen LogP contribution < -0.4 is 10.5 Å². The summed E-state index contributed by atoms with van der Waals surface area (Å²) in [6.07, 6.45) is 2.13. The predicted molar refractivity (Wildman–Crippen MR) is 111 cm³/mol. The topological polar surface area (TPSA) is 81.3 Å². The van der Waals surface area contributed by atoms with E-state index in [0.29, 0.717) is 36.3 Å². The zero-order chi connectivity index (χ0) is 19.5. The number of carbonyl (C=O) groups excluding carboxylic acids is 1. The summed E-state index contributed by atoms with van der Waals surface area (Å²) in [5.74, 6) is 1.79. The van der Waals surface area contributed by atoms with Gasteiger partial charge in [0.25, 0.3) is 5.91 Å². The van der Waals surface area contributed by atoms with E-state index in [9.17, 15) is 4.79 Å². The van der Waals surface area contributed by atoms with Crippen LogP contribution >= 0.6 is 11.3 Å². The number of ether oxygens (including phenoxy) is 1. The van der Waals surface area contributed by atoms with E-state index < -0.39 is 0 Å². The van der Waals surface area contributed by atoms with Crippen molar-refractivity contribution >= 4 is 27.5 Å². The van der Waals surface area contributed by atoms with Crippen LogP contribution in [0.5, 0.6) is 5.88 Å². The SMILES string of the molecule is Cc1nc(OCc2ccc(C(=O)N3CCCC(CN)C3)cc2)c2ccsc2n1. The highest BCUT2D eigenvalue weighted by molar-refractivity contribution is 7.16. The van der Waals surface area contributed by atoms with Crippen LogP contribution in [0.25, 0.3) is 10.2 Å². The Kier molecular flexibility index (Phi) is 5.54. The van der Waals surface area contributed by atoms with Crippen molar-refractivity contribution in [3.63, 3.8) is 0 Å². The highest BCUT2D eigenvalue weighted by Crippen LogP contribution is 2.27. The van der Waals surface area contributed by atoms with Crippen LogP contribution in [0, 0.1) is 12.8 Å². The number of fused-ring (bicyclic) bond motifs is 1. The molecule has 146 valence electrons. The summed E-state index contributed by atoms with van der Waals surface area (Å²) in [5.41, 5.74) is 7.49. The summed E-state index contributed by atoms with van der Waals surface area (Å²) in [4.78, 5) is 24.4. The van der Waals surface area contributed by atoms with E-state index in [0.717, 1.165) is 41.7 Å². The molecule has 0 radical (unpaired) electrons. The van der Waals surface area contributed by atoms with Gasteiger partial charge in [-0.05, 0) is 61.4 Å². The first kappa shape index (κ1) is 18.8. The molecule has 1 unspecified atom stereocenters. The molecule has 2 aromatic heterocycles. The van der Waals surface area contributed by atoms with E-state index in [1.165, 1.54) is 0 Å². The first-order chi connectivity index (χ1) is 13.6. The molecule has 0 saturated carbocycles. The molecular formula is C21H24N4O2S. The fraction of sp³-hybridized carbons (Fsp3) is 0.381. The average Bonchev–Trinajstić information content (AvgIpc) is 3.20. The van der Waals surface area contributed by atoms with Crippen molar-refractivity contribution < 1.29 is 9.53 Å². The monoisotopic (exact) mass is 396 g/mol. The predicted octanol–water partition coefficient (Wildman–Crippen LogP) is 3.39. The van der Waals surface area contributed by atoms with Gasteiger partial charge < -0.3 is 15.4 Å². The maximum absolute atomic E-state index is 12.7. The summed E-state index contributed by atoms with van der Waals surface area (Å²) in [6, 6.07) is 9.60. The second kappa shape index (κ2) is 8.24. The molecule has 1 fully saturated rings. The molecule has 1 saturated heterocycles. The highest BCUT2D eigenvalue weighted by atomic mass is 32.1. The Balaban J connectivity index is 1.42. The van der Waals surface area contributed by atoms with Crippen molar-refractivity contribution in [2.45, 2.75) is 26.4 Å². The fourth-order valence-electron chi connectivity index (χ4n) is 3.56. The Morgan fingerprint density at radius 3 is 2.89 bits per heavy atom. The van der Waals surface area contributed by atoms with E-state index in [1.807, 2.05) is 47.5 Å². The van der Waals surface area contributed by atoms with Crippen molar-refractivity contribution in [1.29, 1.82) is 0 Å². The van der Waals surface area contributed by atoms with Crippen LogP contribution in [0.1, 0.15) is 34.6 Å². The zero-order valence-corrected chi connectivity index (χ0v) is 16.7. The van der Waals surface area contributed by atoms with Crippen LogP contribution in [0.4, 0.5) is 0 Å². The van der Waals surface area contributed by atoms with Gasteiger partial charge in [0.1, 0.15) is 17.3 Å². The van der Waals surface area contributed by atoms with Gasteiger partial charge in [-0.25, -0.2) is 4.98 Å². The lowest BCUT2D eigenvalue weighted by atomic mass is 9.97. The number of thiophene rings is 1. The van der Waals surface area contributed by atoms with E-state index in [4.69, 9.17) is 10.5 Å². The van der Waals surface area contributed by atoms with Gasteiger partial charge in [-0.15, -0.1) is 11.3 Å². The molecule has 0 bridgehead atoms. The summed E-state index contributed by atoms with van der Waals surface area (Å²) >= 11 is 1.58. The van der Waals surface area contributed by atoms with Crippen molar-refractivity contribution in [3.8, 4) is 5.88 Å². The number of amides is 1. The van der Waals surface area contributed by atoms with Crippen molar-refractivity contribution in [2.24, 2.45) is 11.7 Å². The third kappa shape index (κ3) is 4.00. The van der Waals surface area contributed by atoms with Crippen LogP contribution in [-0.2, 0) is 6.61 Å². The van der Waals surface area contributed by atoms with Crippen LogP contribution in [0.2, 0.25) is 0 Å². The molecule has 7 heteroatoms. The van der Waals surface area contributed by atoms with Gasteiger partial charge in [0.2, 0.25) is 5.88 Å². The molecule has 0 aliphatic carbocycles. The first-order valence-electron chi connectivity index (χ1n) is 9.57. The Morgan fingerprint density at radius 2 is 2.11 bits per heavy atom. The first-order valence-corrected chi connectivity index (χ1v) is 10.4. The fourth-order valence-corrected chi connectivity index (χ4v) is 4.36. The zero-order valence-electron chi connectivity index (χ0n) is 15.9. The lowest BCUT2D eigenvalue weighted by Crippen LogP contribution is -2.42. The van der Waals surface area contributed by atoms with E-state index in [-0.39, 0.29) is 5.91 Å². The summed E-state index contributed by atoms with van der Waals surface area (Å²) in [6.45, 7) is 4.46. The normalized spacial score (nSPS) is 17.1. The molecule has 4 rings (SSSR count). The molecule has 1 aromatic carbocycles. The number of benzene rings is 1. The lowest BCUT2D eigenvalue weighted by Gasteiger charge is -2.32. The van der Waals surface area contributed by atoms with Gasteiger partial charge in [0.15, 0.2) is 0 Å². The number of carbonyl (C=O) groups is 1. The smallest absolute Gasteiger partial charge is 0.253 e. The van der Waals surface area contributed by atoms with Gasteiger partial charge in [0, 0.05) is 18.7 Å². The van der Waals surface area contributed by atoms with Crippen LogP contribution in [0.3, 0.4) is 0 Å². The van der Waals surface area contributed by atoms with Crippen molar-refractivity contribution in [1.82, 2.24) is 14.9 Å². The number of hydrogen-bond donors (Lipinski definition) is 1. The number of nitrogens with zero attached hydrogens (tertiary/aromatic N) is 3. The number of rotatable bonds is 5. The number of hydrogen-bond acceptors (Lipinski definition) is 6. The number of aryl methyl sites for hydroxylation is 1. The standard InChI is InChI=1S/C21H24N4O2S/c1-14-23-19(18-8-10-28-20(18)24-14)27-13-15-4-6-17(7-5-15)21(26)25-9-2-3-16(11-22)12-25/h4-8,10,16H,2-3,9,11-13,22H2,1H3. The Bertz CT molecular complexity index is 970. The minimum absolute atomic E-state index is 0.0806. The molecular weight excluding hydrogens is 372 g/mol. The molecule has 2 N–H and O–H groups in total. The van der Waals surface area contributed by atoms with Crippen LogP contribution in [0.15, 0.2) is 35.7 Å². The average molecular weight is 397 g/mol. The third-order valence-electron chi connectivity index (χ3n) is 5.12. The molecule has 1 aliphatic rings. The van der Waals surface area contributed by atoms with E-state index >= 15 is 0 Å². The van der Waals surface area contributed by atoms with Gasteiger partial charge in [-0.2, -0.15) is 4.98 Å². The molecule has 6 nitrogen and oxygen atoms in total. The molecule has 1 amide bonds. The molecule has 1 atom stereocenters. The summed E-state index contributed by atoms with van der Waals surface area (Å²) in [5, 5.41) is 2.92. The quantitative estimate of drug-likeness (QED) is 0.715. The molecule has 3 heterocycles. The highest BCUT2D eigenvalue weighted by Gasteiger charge is 2.23. The number of aromatic nitrogens is 2. The lowest BCUT2D eigenvalue weighted by molar-refractivity contribution is 0.0678.